The van der Waals surface area contributed by atoms with Crippen LogP contribution in [0.2, 0.25) is 0 Å². The van der Waals surface area contributed by atoms with E-state index in [0.717, 1.165) is 17.5 Å². The number of hydrogen-bond donors (Lipinski definition) is 2. The van der Waals surface area contributed by atoms with Crippen LogP contribution in [0.15, 0.2) is 70.0 Å². The number of fused-ring (bicyclic) bond motifs is 1. The van der Waals surface area contributed by atoms with Crippen molar-refractivity contribution in [2.45, 2.75) is 36.2 Å². The second-order valence-electron chi connectivity index (χ2n) is 8.15. The maximum atomic E-state index is 13.4. The Kier molecular flexibility index (Phi) is 6.11. The van der Waals surface area contributed by atoms with Gasteiger partial charge in [0.2, 0.25) is 5.91 Å². The Morgan fingerprint density at radius 2 is 1.81 bits per heavy atom. The molecule has 32 heavy (non-hydrogen) atoms. The first-order valence-corrected chi connectivity index (χ1v) is 13.2. The summed E-state index contributed by atoms with van der Waals surface area (Å²) in [5, 5.41) is 5.63. The number of aromatic amines is 1. The molecule has 0 saturated carbocycles. The van der Waals surface area contributed by atoms with E-state index in [9.17, 15) is 13.2 Å². The number of thioether (sulfide) groups is 1. The number of hydrogen-bond acceptors (Lipinski definition) is 6. The molecule has 166 valence electrons. The van der Waals surface area contributed by atoms with E-state index in [2.05, 4.69) is 36.1 Å². The number of carbonyl (C=O) groups excluding carboxylic acids is 1. The van der Waals surface area contributed by atoms with Crippen LogP contribution in [0.1, 0.15) is 26.5 Å². The van der Waals surface area contributed by atoms with E-state index in [4.69, 9.17) is 0 Å². The van der Waals surface area contributed by atoms with Gasteiger partial charge in [0.1, 0.15) is 4.90 Å². The van der Waals surface area contributed by atoms with Crippen LogP contribution in [-0.4, -0.2) is 30.0 Å². The van der Waals surface area contributed by atoms with Gasteiger partial charge in [-0.25, -0.2) is 9.97 Å². The van der Waals surface area contributed by atoms with Gasteiger partial charge in [-0.3, -0.25) is 4.79 Å². The number of anilines is 1. The van der Waals surface area contributed by atoms with Crippen molar-refractivity contribution < 1.29 is 17.2 Å². The largest absolute Gasteiger partial charge is 0.336 e. The maximum Gasteiger partial charge on any atom is 0.336 e. The standard InChI is InChI=1S/C22H22N4O3S3/c1-22(2,3)18-13-30-20(24-18)25-19(27)14-31-21-23-16-11-7-8-12-17(16)26(21)32(28,29)15-9-5-4-6-10-15/h4-13H,14H2,1-3H3,(H,24,25,27)/p+1. The molecule has 2 aromatic heterocycles. The van der Waals surface area contributed by atoms with E-state index in [1.165, 1.54) is 15.3 Å². The molecule has 7 nitrogen and oxygen atoms in total. The predicted octanol–water partition coefficient (Wildman–Crippen LogP) is 4.18. The molecule has 0 spiro atoms. The highest BCUT2D eigenvalue weighted by Gasteiger charge is 2.32. The zero-order valence-corrected chi connectivity index (χ0v) is 20.3. The molecular formula is C22H23N4O3S3+. The van der Waals surface area contributed by atoms with Crippen LogP contribution in [0, 0.1) is 0 Å². The first-order chi connectivity index (χ1) is 15.2. The van der Waals surface area contributed by atoms with Crippen LogP contribution < -0.4 is 9.29 Å². The number of imidazole rings is 1. The SMILES string of the molecule is CC(C)(C)c1csc(NC(=O)CSc2[nH]c3ccccc3[n+]2S(=O)(=O)c2ccccc2)n1. The highest BCUT2D eigenvalue weighted by Crippen LogP contribution is 2.27. The van der Waals surface area contributed by atoms with Gasteiger partial charge < -0.3 is 5.32 Å². The molecule has 0 fully saturated rings. The van der Waals surface area contributed by atoms with Gasteiger partial charge in [-0.05, 0) is 36.0 Å². The second kappa shape index (κ2) is 8.68. The summed E-state index contributed by atoms with van der Waals surface area (Å²) in [7, 11) is -3.85. The van der Waals surface area contributed by atoms with Crippen molar-refractivity contribution in [2.75, 3.05) is 11.1 Å². The number of para-hydroxylation sites is 2. The topological polar surface area (TPSA) is 95.8 Å². The molecule has 1 amide bonds. The van der Waals surface area contributed by atoms with Gasteiger partial charge in [-0.1, -0.05) is 51.1 Å². The summed E-state index contributed by atoms with van der Waals surface area (Å²) in [5.41, 5.74) is 2.00. The molecular weight excluding hydrogens is 464 g/mol. The number of nitrogens with one attached hydrogen (secondary N) is 2. The molecule has 0 unspecified atom stereocenters. The Morgan fingerprint density at radius 3 is 2.50 bits per heavy atom. The van der Waals surface area contributed by atoms with E-state index in [0.29, 0.717) is 21.3 Å². The lowest BCUT2D eigenvalue weighted by atomic mass is 9.93. The molecule has 0 bridgehead atoms. The zero-order chi connectivity index (χ0) is 22.9. The minimum absolute atomic E-state index is 0.0293. The molecule has 4 aromatic rings. The maximum absolute atomic E-state index is 13.4. The smallest absolute Gasteiger partial charge is 0.301 e. The molecule has 4 rings (SSSR count). The molecule has 0 aliphatic carbocycles. The lowest BCUT2D eigenvalue weighted by Gasteiger charge is -2.14. The highest BCUT2D eigenvalue weighted by molar-refractivity contribution is 8.00. The van der Waals surface area contributed by atoms with Crippen molar-refractivity contribution in [3.63, 3.8) is 0 Å². The predicted molar refractivity (Wildman–Crippen MR) is 128 cm³/mol. The fourth-order valence-electron chi connectivity index (χ4n) is 3.03. The molecule has 0 radical (unpaired) electrons. The number of aromatic nitrogens is 3. The fourth-order valence-corrected chi connectivity index (χ4v) is 6.57. The second-order valence-corrected chi connectivity index (χ2v) is 11.8. The third-order valence-corrected chi connectivity index (χ3v) is 8.26. The Morgan fingerprint density at radius 1 is 1.12 bits per heavy atom. The van der Waals surface area contributed by atoms with Crippen LogP contribution in [-0.2, 0) is 20.2 Å². The molecule has 2 heterocycles. The number of amides is 1. The molecule has 0 aliphatic heterocycles. The van der Waals surface area contributed by atoms with Crippen LogP contribution in [0.25, 0.3) is 11.0 Å². The average molecular weight is 488 g/mol. The summed E-state index contributed by atoms with van der Waals surface area (Å²) in [4.78, 5) is 20.3. The summed E-state index contributed by atoms with van der Waals surface area (Å²) in [5.74, 6) is -0.228. The number of benzene rings is 2. The lowest BCUT2D eigenvalue weighted by molar-refractivity contribution is -0.526. The molecule has 0 saturated heterocycles. The molecule has 2 aromatic carbocycles. The van der Waals surface area contributed by atoms with Gasteiger partial charge in [-0.15, -0.1) is 15.3 Å². The van der Waals surface area contributed by atoms with Crippen LogP contribution in [0.3, 0.4) is 0 Å². The van der Waals surface area contributed by atoms with Crippen molar-refractivity contribution >= 4 is 55.2 Å². The van der Waals surface area contributed by atoms with E-state index in [1.807, 2.05) is 11.4 Å². The van der Waals surface area contributed by atoms with Gasteiger partial charge in [0, 0.05) is 10.8 Å². The molecule has 0 aliphatic rings. The van der Waals surface area contributed by atoms with Crippen LogP contribution in [0.5, 0.6) is 0 Å². The zero-order valence-electron chi connectivity index (χ0n) is 17.8. The van der Waals surface area contributed by atoms with E-state index < -0.39 is 10.0 Å². The van der Waals surface area contributed by atoms with Crippen molar-refractivity contribution in [2.24, 2.45) is 0 Å². The summed E-state index contributed by atoms with van der Waals surface area (Å²) in [6, 6.07) is 15.4. The van der Waals surface area contributed by atoms with Crippen molar-refractivity contribution in [1.29, 1.82) is 0 Å². The number of carbonyl (C=O) groups is 1. The molecule has 2 N–H and O–H groups in total. The highest BCUT2D eigenvalue weighted by atomic mass is 32.2. The summed E-state index contributed by atoms with van der Waals surface area (Å²) in [6.45, 7) is 6.18. The third kappa shape index (κ3) is 4.57. The summed E-state index contributed by atoms with van der Waals surface area (Å²) in [6.07, 6.45) is 0. The number of nitrogens with zero attached hydrogens (tertiary/aromatic N) is 2. The first kappa shape index (κ1) is 22.5. The third-order valence-electron chi connectivity index (χ3n) is 4.69. The number of thiazole rings is 1. The lowest BCUT2D eigenvalue weighted by Crippen LogP contribution is -2.44. The summed E-state index contributed by atoms with van der Waals surface area (Å²) >= 11 is 2.50. The Balaban J connectivity index is 1.59. The number of H-pyrrole nitrogens is 1. The Hall–Kier alpha value is -2.69. The molecule has 10 heteroatoms. The van der Waals surface area contributed by atoms with Crippen molar-refractivity contribution in [1.82, 2.24) is 9.97 Å². The Labute approximate surface area is 195 Å². The first-order valence-electron chi connectivity index (χ1n) is 9.88. The van der Waals surface area contributed by atoms with Crippen molar-refractivity contribution in [3.05, 3.63) is 65.7 Å². The fraction of sp³-hybridized carbons (Fsp3) is 0.227. The van der Waals surface area contributed by atoms with Crippen LogP contribution >= 0.6 is 23.1 Å². The van der Waals surface area contributed by atoms with E-state index in [1.54, 1.807) is 48.5 Å². The molecule has 0 atom stereocenters. The minimum Gasteiger partial charge on any atom is -0.301 e. The van der Waals surface area contributed by atoms with Gasteiger partial charge in [-0.2, -0.15) is 8.42 Å². The average Bonchev–Trinajstić information content (AvgIpc) is 3.37. The Bertz CT molecular complexity index is 1370. The van der Waals surface area contributed by atoms with Crippen LogP contribution in [0.4, 0.5) is 5.13 Å². The normalized spacial score (nSPS) is 12.2. The minimum atomic E-state index is -3.85. The van der Waals surface area contributed by atoms with E-state index in [-0.39, 0.29) is 22.0 Å². The van der Waals surface area contributed by atoms with Gasteiger partial charge in [0.05, 0.1) is 11.4 Å². The quantitative estimate of drug-likeness (QED) is 0.314. The van der Waals surface area contributed by atoms with Gasteiger partial charge in [0.25, 0.3) is 0 Å². The van der Waals surface area contributed by atoms with Crippen molar-refractivity contribution in [3.8, 4) is 0 Å². The van der Waals surface area contributed by atoms with E-state index >= 15 is 0 Å². The summed E-state index contributed by atoms with van der Waals surface area (Å²) < 4.78 is 28.0. The van der Waals surface area contributed by atoms with Gasteiger partial charge >= 0.3 is 15.2 Å². The monoisotopic (exact) mass is 487 g/mol. The number of rotatable bonds is 6. The van der Waals surface area contributed by atoms with Gasteiger partial charge in [0.15, 0.2) is 16.2 Å².